The van der Waals surface area contributed by atoms with Crippen LogP contribution < -0.4 is 15.6 Å². The maximum atomic E-state index is 12.6. The van der Waals surface area contributed by atoms with E-state index in [1.165, 1.54) is 4.57 Å². The van der Waals surface area contributed by atoms with Gasteiger partial charge >= 0.3 is 0 Å². The highest BCUT2D eigenvalue weighted by Crippen LogP contribution is 2.21. The average Bonchev–Trinajstić information content (AvgIpc) is 2.77. The lowest BCUT2D eigenvalue weighted by molar-refractivity contribution is -0.118. The van der Waals surface area contributed by atoms with Gasteiger partial charge in [0.15, 0.2) is 6.61 Å². The second-order valence-electron chi connectivity index (χ2n) is 6.68. The topological polar surface area (TPSA) is 73.2 Å². The van der Waals surface area contributed by atoms with Crippen LogP contribution in [0.4, 0.5) is 5.69 Å². The number of hydrogen-bond donors (Lipinski definition) is 1. The zero-order valence-electron chi connectivity index (χ0n) is 16.1. The lowest BCUT2D eigenvalue weighted by atomic mass is 10.1. The Morgan fingerprint density at radius 3 is 2.47 bits per heavy atom. The standard InChI is InChI=1S/C23H18ClN3O3/c1-27-22(26-20-5-3-2-4-19(20)23(27)29)15-6-12-18(13-7-15)30-14-21(28)25-17-10-8-16(24)9-11-17/h2-13H,14H2,1H3,(H,25,28). The first-order valence-electron chi connectivity index (χ1n) is 9.26. The molecule has 0 unspecified atom stereocenters. The molecule has 0 saturated carbocycles. The van der Waals surface area contributed by atoms with Crippen LogP contribution in [-0.2, 0) is 11.8 Å². The molecule has 0 aliphatic heterocycles. The van der Waals surface area contributed by atoms with Gasteiger partial charge in [-0.3, -0.25) is 14.2 Å². The van der Waals surface area contributed by atoms with Crippen LogP contribution in [0.1, 0.15) is 0 Å². The van der Waals surface area contributed by atoms with Crippen molar-refractivity contribution in [2.75, 3.05) is 11.9 Å². The SMILES string of the molecule is Cn1c(-c2ccc(OCC(=O)Nc3ccc(Cl)cc3)cc2)nc2ccccc2c1=O. The molecule has 1 amide bonds. The van der Waals surface area contributed by atoms with Crippen molar-refractivity contribution in [2.24, 2.45) is 7.05 Å². The Morgan fingerprint density at radius 1 is 1.03 bits per heavy atom. The molecule has 1 aromatic heterocycles. The summed E-state index contributed by atoms with van der Waals surface area (Å²) >= 11 is 5.83. The summed E-state index contributed by atoms with van der Waals surface area (Å²) in [6.07, 6.45) is 0. The van der Waals surface area contributed by atoms with Gasteiger partial charge in [0.1, 0.15) is 11.6 Å². The predicted molar refractivity (Wildman–Crippen MR) is 118 cm³/mol. The van der Waals surface area contributed by atoms with Crippen molar-refractivity contribution in [1.82, 2.24) is 9.55 Å². The molecule has 7 heteroatoms. The first-order valence-corrected chi connectivity index (χ1v) is 9.63. The fraction of sp³-hybridized carbons (Fsp3) is 0.0870. The number of para-hydroxylation sites is 1. The Kier molecular flexibility index (Phi) is 5.50. The summed E-state index contributed by atoms with van der Waals surface area (Å²) in [4.78, 5) is 29.2. The number of benzene rings is 3. The van der Waals surface area contributed by atoms with Crippen LogP contribution in [0.15, 0.2) is 77.6 Å². The fourth-order valence-electron chi connectivity index (χ4n) is 3.06. The highest BCUT2D eigenvalue weighted by molar-refractivity contribution is 6.30. The molecule has 4 aromatic rings. The Labute approximate surface area is 177 Å². The zero-order valence-corrected chi connectivity index (χ0v) is 16.9. The summed E-state index contributed by atoms with van der Waals surface area (Å²) in [6, 6.07) is 21.2. The quantitative estimate of drug-likeness (QED) is 0.524. The molecule has 0 bridgehead atoms. The Morgan fingerprint density at radius 2 is 1.73 bits per heavy atom. The third kappa shape index (κ3) is 4.18. The molecular weight excluding hydrogens is 402 g/mol. The molecule has 0 atom stereocenters. The van der Waals surface area contributed by atoms with E-state index in [2.05, 4.69) is 10.3 Å². The van der Waals surface area contributed by atoms with Crippen molar-refractivity contribution >= 4 is 34.1 Å². The number of carbonyl (C=O) groups is 1. The van der Waals surface area contributed by atoms with E-state index in [-0.39, 0.29) is 18.1 Å². The van der Waals surface area contributed by atoms with Crippen molar-refractivity contribution in [2.45, 2.75) is 0 Å². The van der Waals surface area contributed by atoms with Crippen molar-refractivity contribution in [1.29, 1.82) is 0 Å². The van der Waals surface area contributed by atoms with Gasteiger partial charge in [-0.05, 0) is 60.7 Å². The van der Waals surface area contributed by atoms with Gasteiger partial charge < -0.3 is 10.1 Å². The largest absolute Gasteiger partial charge is 0.484 e. The molecule has 150 valence electrons. The normalized spacial score (nSPS) is 10.7. The summed E-state index contributed by atoms with van der Waals surface area (Å²) < 4.78 is 7.08. The molecule has 1 N–H and O–H groups in total. The molecule has 0 radical (unpaired) electrons. The Bertz CT molecular complexity index is 1270. The first kappa shape index (κ1) is 19.7. The zero-order chi connectivity index (χ0) is 21.1. The number of ether oxygens (including phenoxy) is 1. The molecular formula is C23H18ClN3O3. The number of nitrogens with one attached hydrogen (secondary N) is 1. The maximum absolute atomic E-state index is 12.6. The van der Waals surface area contributed by atoms with E-state index in [1.807, 2.05) is 30.3 Å². The van der Waals surface area contributed by atoms with Crippen LogP contribution in [0.25, 0.3) is 22.3 Å². The fourth-order valence-corrected chi connectivity index (χ4v) is 3.18. The van der Waals surface area contributed by atoms with Crippen LogP contribution >= 0.6 is 11.6 Å². The number of amides is 1. The summed E-state index contributed by atoms with van der Waals surface area (Å²) in [5, 5.41) is 3.92. The average molecular weight is 420 g/mol. The highest BCUT2D eigenvalue weighted by Gasteiger charge is 2.10. The number of anilines is 1. The van der Waals surface area contributed by atoms with E-state index < -0.39 is 0 Å². The van der Waals surface area contributed by atoms with Crippen molar-refractivity contribution in [3.63, 3.8) is 0 Å². The van der Waals surface area contributed by atoms with Gasteiger partial charge in [-0.1, -0.05) is 23.7 Å². The number of hydrogen-bond acceptors (Lipinski definition) is 4. The molecule has 0 saturated heterocycles. The minimum Gasteiger partial charge on any atom is -0.484 e. The third-order valence-corrected chi connectivity index (χ3v) is 4.85. The van der Waals surface area contributed by atoms with E-state index in [0.29, 0.717) is 33.2 Å². The number of halogens is 1. The van der Waals surface area contributed by atoms with Gasteiger partial charge in [0.25, 0.3) is 11.5 Å². The summed E-state index contributed by atoms with van der Waals surface area (Å²) in [5.41, 5.74) is 1.97. The minimum atomic E-state index is -0.278. The lowest BCUT2D eigenvalue weighted by Gasteiger charge is -2.11. The Balaban J connectivity index is 1.46. The first-order chi connectivity index (χ1) is 14.5. The molecule has 0 aliphatic carbocycles. The van der Waals surface area contributed by atoms with Crippen molar-refractivity contribution in [3.8, 4) is 17.1 Å². The number of carbonyl (C=O) groups excluding carboxylic acids is 1. The van der Waals surface area contributed by atoms with Crippen molar-refractivity contribution in [3.05, 3.63) is 88.2 Å². The van der Waals surface area contributed by atoms with Crippen LogP contribution in [0.3, 0.4) is 0 Å². The molecule has 3 aromatic carbocycles. The van der Waals surface area contributed by atoms with Gasteiger partial charge in [0.2, 0.25) is 0 Å². The van der Waals surface area contributed by atoms with Gasteiger partial charge in [0.05, 0.1) is 10.9 Å². The van der Waals surface area contributed by atoms with Crippen LogP contribution in [0, 0.1) is 0 Å². The molecule has 4 rings (SSSR count). The Hall–Kier alpha value is -3.64. The molecule has 0 spiro atoms. The van der Waals surface area contributed by atoms with E-state index in [9.17, 15) is 9.59 Å². The molecule has 0 fully saturated rings. The van der Waals surface area contributed by atoms with E-state index in [4.69, 9.17) is 16.3 Å². The number of aromatic nitrogens is 2. The summed E-state index contributed by atoms with van der Waals surface area (Å²) in [7, 11) is 1.70. The number of fused-ring (bicyclic) bond motifs is 1. The van der Waals surface area contributed by atoms with E-state index in [1.54, 1.807) is 49.5 Å². The second-order valence-corrected chi connectivity index (χ2v) is 7.12. The maximum Gasteiger partial charge on any atom is 0.262 e. The van der Waals surface area contributed by atoms with Crippen LogP contribution in [-0.4, -0.2) is 22.1 Å². The minimum absolute atomic E-state index is 0.102. The van der Waals surface area contributed by atoms with Gasteiger partial charge in [-0.25, -0.2) is 4.98 Å². The van der Waals surface area contributed by atoms with Gasteiger partial charge in [-0.15, -0.1) is 0 Å². The number of rotatable bonds is 5. The lowest BCUT2D eigenvalue weighted by Crippen LogP contribution is -2.20. The number of nitrogens with zero attached hydrogens (tertiary/aromatic N) is 2. The summed E-state index contributed by atoms with van der Waals surface area (Å²) in [5.74, 6) is 0.821. The van der Waals surface area contributed by atoms with Crippen LogP contribution in [0.2, 0.25) is 5.02 Å². The molecule has 0 aliphatic rings. The monoisotopic (exact) mass is 419 g/mol. The molecule has 30 heavy (non-hydrogen) atoms. The van der Waals surface area contributed by atoms with Gasteiger partial charge in [-0.2, -0.15) is 0 Å². The van der Waals surface area contributed by atoms with Crippen LogP contribution in [0.5, 0.6) is 5.75 Å². The molecule has 6 nitrogen and oxygen atoms in total. The van der Waals surface area contributed by atoms with E-state index >= 15 is 0 Å². The summed E-state index contributed by atoms with van der Waals surface area (Å²) in [6.45, 7) is -0.130. The van der Waals surface area contributed by atoms with Gasteiger partial charge in [0, 0.05) is 23.3 Å². The van der Waals surface area contributed by atoms with Crippen molar-refractivity contribution < 1.29 is 9.53 Å². The highest BCUT2D eigenvalue weighted by atomic mass is 35.5. The predicted octanol–water partition coefficient (Wildman–Crippen LogP) is 4.27. The molecule has 1 heterocycles. The van der Waals surface area contributed by atoms with E-state index in [0.717, 1.165) is 5.56 Å². The third-order valence-electron chi connectivity index (χ3n) is 4.59. The second kappa shape index (κ2) is 8.39. The smallest absolute Gasteiger partial charge is 0.262 e.